The monoisotopic (exact) mass is 537 g/mol. The highest BCUT2D eigenvalue weighted by Crippen LogP contribution is 2.34. The van der Waals surface area contributed by atoms with E-state index in [1.54, 1.807) is 12.1 Å². The quantitative estimate of drug-likeness (QED) is 0.270. The van der Waals surface area contributed by atoms with E-state index >= 15 is 0 Å². The Kier molecular flexibility index (Phi) is 7.57. The number of alkyl halides is 5. The molecule has 0 unspecified atom stereocenters. The highest BCUT2D eigenvalue weighted by Gasteiger charge is 2.36. The molecule has 0 aliphatic rings. The number of rotatable bonds is 9. The zero-order valence-corrected chi connectivity index (χ0v) is 19.5. The van der Waals surface area contributed by atoms with Crippen LogP contribution in [0.5, 0.6) is 5.75 Å². The van der Waals surface area contributed by atoms with Gasteiger partial charge in [0.15, 0.2) is 5.69 Å². The maximum absolute atomic E-state index is 13.5. The van der Waals surface area contributed by atoms with E-state index in [4.69, 9.17) is 10.2 Å². The second kappa shape index (κ2) is 10.8. The van der Waals surface area contributed by atoms with E-state index in [1.807, 2.05) is 0 Å². The van der Waals surface area contributed by atoms with E-state index in [-0.39, 0.29) is 41.3 Å². The highest BCUT2D eigenvalue weighted by molar-refractivity contribution is 5.80. The first-order valence-electron chi connectivity index (χ1n) is 11.0. The van der Waals surface area contributed by atoms with Crippen LogP contribution in [0.4, 0.5) is 33.7 Å². The van der Waals surface area contributed by atoms with E-state index in [0.717, 1.165) is 10.7 Å². The number of nitrogens with one attached hydrogen (secondary N) is 2. The molecule has 4 N–H and O–H groups in total. The number of nitrogens with zero attached hydrogens (tertiary/aromatic N) is 4. The van der Waals surface area contributed by atoms with Gasteiger partial charge < -0.3 is 25.5 Å². The lowest BCUT2D eigenvalue weighted by molar-refractivity contribution is -0.141. The van der Waals surface area contributed by atoms with Gasteiger partial charge in [-0.05, 0) is 36.8 Å². The van der Waals surface area contributed by atoms with Crippen LogP contribution < -0.4 is 21.1 Å². The van der Waals surface area contributed by atoms with Gasteiger partial charge in [-0.25, -0.2) is 4.68 Å². The molecule has 10 nitrogen and oxygen atoms in total. The number of amides is 1. The summed E-state index contributed by atoms with van der Waals surface area (Å²) in [4.78, 5) is 11.8. The first-order valence-corrected chi connectivity index (χ1v) is 11.0. The van der Waals surface area contributed by atoms with E-state index in [9.17, 15) is 26.7 Å². The fraction of sp³-hybridized carbons (Fsp3) is 0.217. The standard InChI is InChI=1S/C23H20F5N7O3/c1-12(29)19(36)30-11-13-5-4-6-14(9-13)35-16(10-18(34-35)23(26,27)28)20-32-33-22(38-20)31-15-7-2-3-8-17(15)37-21(24)25/h2-10,12,21H,11,29H2,1H3,(H,30,36)(H,31,33)/t12-/m0/s1. The predicted molar refractivity (Wildman–Crippen MR) is 124 cm³/mol. The summed E-state index contributed by atoms with van der Waals surface area (Å²) in [5.74, 6) is -0.945. The number of hydrogen-bond donors (Lipinski definition) is 3. The van der Waals surface area contributed by atoms with Gasteiger partial charge in [0.1, 0.15) is 11.4 Å². The van der Waals surface area contributed by atoms with Crippen molar-refractivity contribution in [2.45, 2.75) is 32.3 Å². The lowest BCUT2D eigenvalue weighted by Gasteiger charge is -2.10. The second-order valence-corrected chi connectivity index (χ2v) is 7.91. The molecule has 0 aliphatic carbocycles. The van der Waals surface area contributed by atoms with Crippen molar-refractivity contribution in [3.63, 3.8) is 0 Å². The summed E-state index contributed by atoms with van der Waals surface area (Å²) < 4.78 is 76.8. The Hall–Kier alpha value is -4.53. The molecule has 38 heavy (non-hydrogen) atoms. The molecule has 200 valence electrons. The van der Waals surface area contributed by atoms with Crippen LogP contribution in [0, 0.1) is 0 Å². The fourth-order valence-corrected chi connectivity index (χ4v) is 3.28. The first-order chi connectivity index (χ1) is 18.0. The van der Waals surface area contributed by atoms with Gasteiger partial charge in [0.2, 0.25) is 5.91 Å². The van der Waals surface area contributed by atoms with Gasteiger partial charge in [0.05, 0.1) is 17.4 Å². The maximum Gasteiger partial charge on any atom is 0.435 e. The number of para-hydroxylation sites is 2. The molecule has 0 saturated heterocycles. The predicted octanol–water partition coefficient (Wildman–Crippen LogP) is 4.25. The topological polar surface area (TPSA) is 133 Å². The molecule has 1 amide bonds. The largest absolute Gasteiger partial charge is 0.435 e. The molecule has 2 aromatic heterocycles. The highest BCUT2D eigenvalue weighted by atomic mass is 19.4. The number of anilines is 2. The Bertz CT molecular complexity index is 1420. The minimum absolute atomic E-state index is 0.0639. The van der Waals surface area contributed by atoms with Gasteiger partial charge >= 0.3 is 18.8 Å². The van der Waals surface area contributed by atoms with Crippen LogP contribution in [0.25, 0.3) is 17.3 Å². The summed E-state index contributed by atoms with van der Waals surface area (Å²) >= 11 is 0. The summed E-state index contributed by atoms with van der Waals surface area (Å²) in [6.07, 6.45) is -4.78. The van der Waals surface area contributed by atoms with Crippen LogP contribution in [0.1, 0.15) is 18.2 Å². The number of ether oxygens (including phenoxy) is 1. The van der Waals surface area contributed by atoms with Crippen molar-refractivity contribution in [2.75, 3.05) is 5.32 Å². The summed E-state index contributed by atoms with van der Waals surface area (Å²) in [6.45, 7) is -1.50. The molecule has 0 bridgehead atoms. The molecule has 0 aliphatic heterocycles. The van der Waals surface area contributed by atoms with Gasteiger partial charge in [-0.1, -0.05) is 29.4 Å². The minimum atomic E-state index is -4.78. The summed E-state index contributed by atoms with van der Waals surface area (Å²) in [5.41, 5.74) is 4.97. The molecule has 0 radical (unpaired) electrons. The lowest BCUT2D eigenvalue weighted by atomic mass is 10.2. The van der Waals surface area contributed by atoms with Crippen LogP contribution in [0.15, 0.2) is 59.0 Å². The fourth-order valence-electron chi connectivity index (χ4n) is 3.28. The van der Waals surface area contributed by atoms with Crippen LogP contribution in [0.2, 0.25) is 0 Å². The molecule has 0 fully saturated rings. The molecular weight excluding hydrogens is 517 g/mol. The van der Waals surface area contributed by atoms with Crippen molar-refractivity contribution in [3.8, 4) is 23.0 Å². The summed E-state index contributed by atoms with van der Waals surface area (Å²) in [6, 6.07) is 11.6. The average Bonchev–Trinajstić information content (AvgIpc) is 3.51. The average molecular weight is 537 g/mol. The van der Waals surface area contributed by atoms with E-state index in [2.05, 4.69) is 30.7 Å². The van der Waals surface area contributed by atoms with Gasteiger partial charge in [-0.3, -0.25) is 4.79 Å². The molecule has 15 heteroatoms. The van der Waals surface area contributed by atoms with Crippen LogP contribution in [-0.4, -0.2) is 38.5 Å². The molecule has 2 heterocycles. The Labute approximate surface area is 211 Å². The first kappa shape index (κ1) is 26.5. The number of carbonyl (C=O) groups excluding carboxylic acids is 1. The zero-order chi connectivity index (χ0) is 27.4. The number of halogens is 5. The smallest absolute Gasteiger partial charge is 0.433 e. The van der Waals surface area contributed by atoms with Gasteiger partial charge in [0.25, 0.3) is 5.89 Å². The SMILES string of the molecule is C[C@H](N)C(=O)NCc1cccc(-n2nc(C(F)(F)F)cc2-c2nnc(Nc3ccccc3OC(F)F)o2)c1. The normalized spacial score (nSPS) is 12.4. The molecule has 4 aromatic rings. The third-order valence-corrected chi connectivity index (χ3v) is 5.02. The number of aromatic nitrogens is 4. The van der Waals surface area contributed by atoms with E-state index in [1.165, 1.54) is 43.3 Å². The molecular formula is C23H20F5N7O3. The Morgan fingerprint density at radius 3 is 2.61 bits per heavy atom. The zero-order valence-electron chi connectivity index (χ0n) is 19.5. The van der Waals surface area contributed by atoms with Crippen molar-refractivity contribution in [1.82, 2.24) is 25.3 Å². The molecule has 0 saturated carbocycles. The lowest BCUT2D eigenvalue weighted by Crippen LogP contribution is -2.37. The summed E-state index contributed by atoms with van der Waals surface area (Å²) in [5, 5.41) is 16.4. The van der Waals surface area contributed by atoms with Crippen molar-refractivity contribution >= 4 is 17.6 Å². The maximum atomic E-state index is 13.5. The number of nitrogens with two attached hydrogens (primary N) is 1. The van der Waals surface area contributed by atoms with E-state index < -0.39 is 30.4 Å². The number of carbonyl (C=O) groups is 1. The van der Waals surface area contributed by atoms with Crippen molar-refractivity contribution in [2.24, 2.45) is 5.73 Å². The van der Waals surface area contributed by atoms with Gasteiger partial charge in [0, 0.05) is 12.6 Å². The van der Waals surface area contributed by atoms with Crippen LogP contribution in [-0.2, 0) is 17.5 Å². The van der Waals surface area contributed by atoms with Crippen molar-refractivity contribution in [1.29, 1.82) is 0 Å². The van der Waals surface area contributed by atoms with Crippen LogP contribution >= 0.6 is 0 Å². The Balaban J connectivity index is 1.66. The minimum Gasteiger partial charge on any atom is -0.433 e. The Morgan fingerprint density at radius 1 is 1.13 bits per heavy atom. The second-order valence-electron chi connectivity index (χ2n) is 7.91. The third kappa shape index (κ3) is 6.23. The van der Waals surface area contributed by atoms with Crippen molar-refractivity contribution < 1.29 is 35.9 Å². The number of hydrogen-bond acceptors (Lipinski definition) is 8. The molecule has 1 atom stereocenters. The van der Waals surface area contributed by atoms with Gasteiger partial charge in [-0.15, -0.1) is 5.10 Å². The molecule has 4 rings (SSSR count). The summed E-state index contributed by atoms with van der Waals surface area (Å²) in [7, 11) is 0. The van der Waals surface area contributed by atoms with Gasteiger partial charge in [-0.2, -0.15) is 27.1 Å². The number of benzene rings is 2. The third-order valence-electron chi connectivity index (χ3n) is 5.02. The van der Waals surface area contributed by atoms with Crippen molar-refractivity contribution in [3.05, 3.63) is 65.9 Å². The Morgan fingerprint density at radius 2 is 1.89 bits per heavy atom. The van der Waals surface area contributed by atoms with Crippen LogP contribution in [0.3, 0.4) is 0 Å². The van der Waals surface area contributed by atoms with E-state index in [0.29, 0.717) is 5.56 Å². The molecule has 2 aromatic carbocycles. The molecule has 0 spiro atoms.